The van der Waals surface area contributed by atoms with Crippen LogP contribution in [0.25, 0.3) is 0 Å². The van der Waals surface area contributed by atoms with Crippen LogP contribution >= 0.6 is 0 Å². The molecule has 2 aromatic heterocycles. The van der Waals surface area contributed by atoms with Crippen molar-refractivity contribution in [3.63, 3.8) is 0 Å². The molecule has 2 aliphatic rings. The quantitative estimate of drug-likeness (QED) is 0.766. The number of aromatic nitrogens is 4. The van der Waals surface area contributed by atoms with Crippen molar-refractivity contribution in [2.24, 2.45) is 7.05 Å². The SMILES string of the molecule is Cn1ccnc1CNCC1CCCCN1c1ccc(=O)n(C2CCCCC2O)n1. The Morgan fingerprint density at radius 1 is 1.17 bits per heavy atom. The fourth-order valence-electron chi connectivity index (χ4n) is 4.61. The second-order valence-electron chi connectivity index (χ2n) is 8.32. The first-order valence-corrected chi connectivity index (χ1v) is 10.8. The maximum absolute atomic E-state index is 12.5. The average Bonchev–Trinajstić information content (AvgIpc) is 3.14. The Kier molecular flexibility index (Phi) is 6.30. The van der Waals surface area contributed by atoms with Gasteiger partial charge in [0.05, 0.1) is 18.7 Å². The molecule has 1 saturated heterocycles. The lowest BCUT2D eigenvalue weighted by molar-refractivity contribution is 0.0669. The lowest BCUT2D eigenvalue weighted by Gasteiger charge is -2.37. The molecule has 8 heteroatoms. The Morgan fingerprint density at radius 2 is 2.00 bits per heavy atom. The molecule has 0 spiro atoms. The number of aliphatic hydroxyl groups excluding tert-OH is 1. The van der Waals surface area contributed by atoms with Crippen LogP contribution in [0, 0.1) is 0 Å². The van der Waals surface area contributed by atoms with Gasteiger partial charge in [0.2, 0.25) is 0 Å². The smallest absolute Gasteiger partial charge is 0.267 e. The van der Waals surface area contributed by atoms with Crippen LogP contribution in [0.4, 0.5) is 5.82 Å². The molecule has 2 aromatic rings. The molecule has 1 aliphatic heterocycles. The molecule has 1 aliphatic carbocycles. The first-order valence-electron chi connectivity index (χ1n) is 10.8. The number of anilines is 1. The lowest BCUT2D eigenvalue weighted by Crippen LogP contribution is -2.47. The van der Waals surface area contributed by atoms with Crippen molar-refractivity contribution >= 4 is 5.82 Å². The standard InChI is InChI=1S/C21H32N6O2/c1-25-13-11-23-20(25)15-22-14-16-6-4-5-12-26(16)19-9-10-21(29)27(24-19)17-7-2-3-8-18(17)28/h9-11,13,16-18,22,28H,2-8,12,14-15H2,1H3. The average molecular weight is 401 g/mol. The van der Waals surface area contributed by atoms with Crippen molar-refractivity contribution in [3.05, 3.63) is 40.7 Å². The van der Waals surface area contributed by atoms with Crippen LogP contribution in [0.3, 0.4) is 0 Å². The van der Waals surface area contributed by atoms with Gasteiger partial charge in [0.15, 0.2) is 0 Å². The molecule has 2 fully saturated rings. The van der Waals surface area contributed by atoms with Crippen molar-refractivity contribution in [2.45, 2.75) is 69.7 Å². The summed E-state index contributed by atoms with van der Waals surface area (Å²) in [4.78, 5) is 19.2. The van der Waals surface area contributed by atoms with E-state index in [-0.39, 0.29) is 11.6 Å². The summed E-state index contributed by atoms with van der Waals surface area (Å²) < 4.78 is 3.56. The van der Waals surface area contributed by atoms with E-state index in [1.54, 1.807) is 6.07 Å². The van der Waals surface area contributed by atoms with E-state index in [0.717, 1.165) is 69.8 Å². The van der Waals surface area contributed by atoms with Crippen molar-refractivity contribution in [1.82, 2.24) is 24.6 Å². The highest BCUT2D eigenvalue weighted by Gasteiger charge is 2.28. The maximum Gasteiger partial charge on any atom is 0.267 e. The lowest BCUT2D eigenvalue weighted by atomic mass is 9.93. The van der Waals surface area contributed by atoms with E-state index in [4.69, 9.17) is 5.10 Å². The van der Waals surface area contributed by atoms with Crippen molar-refractivity contribution in [3.8, 4) is 0 Å². The molecule has 8 nitrogen and oxygen atoms in total. The number of rotatable bonds is 6. The van der Waals surface area contributed by atoms with E-state index in [1.807, 2.05) is 30.1 Å². The fourth-order valence-corrected chi connectivity index (χ4v) is 4.61. The molecule has 0 amide bonds. The van der Waals surface area contributed by atoms with Crippen LogP contribution in [0.1, 0.15) is 56.8 Å². The summed E-state index contributed by atoms with van der Waals surface area (Å²) in [5, 5.41) is 18.6. The van der Waals surface area contributed by atoms with Crippen molar-refractivity contribution in [2.75, 3.05) is 18.0 Å². The third-order valence-corrected chi connectivity index (χ3v) is 6.32. The number of aliphatic hydroxyl groups is 1. The van der Waals surface area contributed by atoms with Gasteiger partial charge in [-0.15, -0.1) is 0 Å². The number of aryl methyl sites for hydroxylation is 1. The predicted molar refractivity (Wildman–Crippen MR) is 112 cm³/mol. The summed E-state index contributed by atoms with van der Waals surface area (Å²) in [6.45, 7) is 2.52. The highest BCUT2D eigenvalue weighted by molar-refractivity contribution is 5.39. The third kappa shape index (κ3) is 4.53. The summed E-state index contributed by atoms with van der Waals surface area (Å²) in [6.07, 6.45) is 10.3. The highest BCUT2D eigenvalue weighted by Crippen LogP contribution is 2.28. The monoisotopic (exact) mass is 400 g/mol. The van der Waals surface area contributed by atoms with Crippen LogP contribution in [0.15, 0.2) is 29.3 Å². The highest BCUT2D eigenvalue weighted by atomic mass is 16.3. The molecule has 0 bridgehead atoms. The Bertz CT molecular complexity index is 863. The molecule has 3 unspecified atom stereocenters. The fraction of sp³-hybridized carbons (Fsp3) is 0.667. The zero-order valence-corrected chi connectivity index (χ0v) is 17.2. The zero-order valence-electron chi connectivity index (χ0n) is 17.2. The maximum atomic E-state index is 12.5. The van der Waals surface area contributed by atoms with Gasteiger partial charge in [-0.1, -0.05) is 12.8 Å². The van der Waals surface area contributed by atoms with Crippen LogP contribution in [0.2, 0.25) is 0 Å². The normalized spacial score (nSPS) is 25.3. The van der Waals surface area contributed by atoms with Crippen LogP contribution in [0.5, 0.6) is 0 Å². The molecule has 0 aromatic carbocycles. The largest absolute Gasteiger partial charge is 0.391 e. The van der Waals surface area contributed by atoms with Gasteiger partial charge in [-0.05, 0) is 38.2 Å². The van der Waals surface area contributed by atoms with E-state index in [1.165, 1.54) is 11.1 Å². The van der Waals surface area contributed by atoms with Crippen molar-refractivity contribution in [1.29, 1.82) is 0 Å². The Balaban J connectivity index is 1.48. The second-order valence-corrected chi connectivity index (χ2v) is 8.32. The molecule has 1 saturated carbocycles. The van der Waals surface area contributed by atoms with E-state index in [0.29, 0.717) is 6.04 Å². The third-order valence-electron chi connectivity index (χ3n) is 6.32. The number of imidazole rings is 1. The minimum atomic E-state index is -0.485. The van der Waals surface area contributed by atoms with Gasteiger partial charge in [0, 0.05) is 44.6 Å². The Labute approximate surface area is 171 Å². The number of hydrogen-bond acceptors (Lipinski definition) is 6. The molecule has 3 heterocycles. The Morgan fingerprint density at radius 3 is 2.79 bits per heavy atom. The van der Waals surface area contributed by atoms with Gasteiger partial charge >= 0.3 is 0 Å². The summed E-state index contributed by atoms with van der Waals surface area (Å²) >= 11 is 0. The van der Waals surface area contributed by atoms with Gasteiger partial charge < -0.3 is 19.9 Å². The molecule has 158 valence electrons. The second kappa shape index (κ2) is 9.09. The molecule has 0 radical (unpaired) electrons. The minimum absolute atomic E-state index is 0.124. The number of nitrogens with zero attached hydrogens (tertiary/aromatic N) is 5. The van der Waals surface area contributed by atoms with Gasteiger partial charge in [-0.25, -0.2) is 9.67 Å². The van der Waals surface area contributed by atoms with Gasteiger partial charge in [-0.2, -0.15) is 5.10 Å². The molecule has 2 N–H and O–H groups in total. The molecule has 29 heavy (non-hydrogen) atoms. The van der Waals surface area contributed by atoms with E-state index >= 15 is 0 Å². The van der Waals surface area contributed by atoms with E-state index in [2.05, 4.69) is 15.2 Å². The number of nitrogens with one attached hydrogen (secondary N) is 1. The molecular formula is C21H32N6O2. The van der Waals surface area contributed by atoms with Crippen LogP contribution in [-0.2, 0) is 13.6 Å². The summed E-state index contributed by atoms with van der Waals surface area (Å²) in [7, 11) is 2.00. The predicted octanol–water partition coefficient (Wildman–Crippen LogP) is 1.60. The van der Waals surface area contributed by atoms with E-state index < -0.39 is 6.10 Å². The summed E-state index contributed by atoms with van der Waals surface area (Å²) in [5.74, 6) is 1.86. The van der Waals surface area contributed by atoms with Crippen molar-refractivity contribution < 1.29 is 5.11 Å². The molecule has 4 rings (SSSR count). The number of hydrogen-bond donors (Lipinski definition) is 2. The topological polar surface area (TPSA) is 88.2 Å². The number of piperidine rings is 1. The minimum Gasteiger partial charge on any atom is -0.391 e. The molecule has 3 atom stereocenters. The van der Waals surface area contributed by atoms with E-state index in [9.17, 15) is 9.90 Å². The molecular weight excluding hydrogens is 368 g/mol. The van der Waals surface area contributed by atoms with Gasteiger partial charge in [-0.3, -0.25) is 4.79 Å². The summed E-state index contributed by atoms with van der Waals surface area (Å²) in [6, 6.07) is 3.57. The van der Waals surface area contributed by atoms with Gasteiger partial charge in [0.1, 0.15) is 11.6 Å². The van der Waals surface area contributed by atoms with Crippen LogP contribution in [-0.4, -0.2) is 49.7 Å². The Hall–Kier alpha value is -2.19. The first kappa shape index (κ1) is 20.1. The van der Waals surface area contributed by atoms with Crippen LogP contribution < -0.4 is 15.8 Å². The van der Waals surface area contributed by atoms with Gasteiger partial charge in [0.25, 0.3) is 5.56 Å². The first-order chi connectivity index (χ1) is 14.1. The zero-order chi connectivity index (χ0) is 20.2. The summed E-state index contributed by atoms with van der Waals surface area (Å²) in [5.41, 5.74) is -0.124.